The lowest BCUT2D eigenvalue weighted by molar-refractivity contribution is -0.137. The fraction of sp³-hybridized carbons (Fsp3) is 0.429. The van der Waals surface area contributed by atoms with Gasteiger partial charge in [-0.1, -0.05) is 36.4 Å². The second kappa shape index (κ2) is 13.0. The number of hydrogen-bond donors (Lipinski definition) is 2. The number of halogens is 1. The Morgan fingerprint density at radius 3 is 2.59 bits per heavy atom. The van der Waals surface area contributed by atoms with Crippen LogP contribution < -0.4 is 10.6 Å². The number of carbonyl (C=O) groups is 2. The molecule has 0 bridgehead atoms. The van der Waals surface area contributed by atoms with Gasteiger partial charge in [-0.25, -0.2) is 13.9 Å². The number of nitrogens with one attached hydrogen (secondary N) is 2. The third-order valence-corrected chi connectivity index (χ3v) is 9.56. The van der Waals surface area contributed by atoms with Crippen LogP contribution in [0.4, 0.5) is 4.39 Å². The van der Waals surface area contributed by atoms with Crippen LogP contribution in [0, 0.1) is 5.82 Å². The molecule has 0 saturated carbocycles. The standard InChI is InChI=1S/C35H41FN6O2/c1-35(15-12-32(43)40-34(35)44)29-10-8-25(9-11-29)26-13-17-41(18-14-26)16-4-3-5-24-19-31-33(38-23-39-42(31)22-24)27-6-7-28(21-37-2)30(36)20-27/h6-11,19-20,22-23,26,37H,3-5,12-18,21H2,1-2H3,(H,40,43,44). The van der Waals surface area contributed by atoms with Gasteiger partial charge in [-0.05, 0) is 107 Å². The average molecular weight is 597 g/mol. The monoisotopic (exact) mass is 596 g/mol. The lowest BCUT2D eigenvalue weighted by Crippen LogP contribution is -2.49. The molecule has 1 atom stereocenters. The highest BCUT2D eigenvalue weighted by atomic mass is 19.1. The van der Waals surface area contributed by atoms with E-state index in [9.17, 15) is 14.0 Å². The van der Waals surface area contributed by atoms with Gasteiger partial charge in [-0.15, -0.1) is 0 Å². The Labute approximate surface area is 258 Å². The number of fused-ring (bicyclic) bond motifs is 1. The molecule has 2 N–H and O–H groups in total. The van der Waals surface area contributed by atoms with E-state index in [0.29, 0.717) is 30.9 Å². The lowest BCUT2D eigenvalue weighted by atomic mass is 9.75. The SMILES string of the molecule is CNCc1ccc(-c2ncnn3cc(CCCCN4CCC(c5ccc(C6(C)CCC(=O)NC6=O)cc5)CC4)cc23)cc1F. The van der Waals surface area contributed by atoms with Crippen molar-refractivity contribution in [3.63, 3.8) is 0 Å². The minimum absolute atomic E-state index is 0.181. The Bertz CT molecular complexity index is 1640. The molecule has 0 radical (unpaired) electrons. The third kappa shape index (κ3) is 6.30. The van der Waals surface area contributed by atoms with Crippen LogP contribution in [0.15, 0.2) is 61.1 Å². The van der Waals surface area contributed by atoms with Crippen LogP contribution in [0.3, 0.4) is 0 Å². The van der Waals surface area contributed by atoms with Crippen LogP contribution in [-0.4, -0.2) is 58.0 Å². The number of aromatic nitrogens is 3. The Morgan fingerprint density at radius 1 is 1.07 bits per heavy atom. The molecule has 4 aromatic rings. The number of amides is 2. The van der Waals surface area contributed by atoms with E-state index in [1.165, 1.54) is 17.5 Å². The number of imide groups is 1. The van der Waals surface area contributed by atoms with Gasteiger partial charge in [0.05, 0.1) is 16.6 Å². The predicted octanol–water partition coefficient (Wildman–Crippen LogP) is 5.15. The van der Waals surface area contributed by atoms with Crippen molar-refractivity contribution in [2.75, 3.05) is 26.7 Å². The first kappa shape index (κ1) is 30.1. The number of benzene rings is 2. The van der Waals surface area contributed by atoms with Crippen molar-refractivity contribution in [3.05, 3.63) is 89.1 Å². The first-order chi connectivity index (χ1) is 21.3. The van der Waals surface area contributed by atoms with Crippen molar-refractivity contribution < 1.29 is 14.0 Å². The minimum atomic E-state index is -0.642. The van der Waals surface area contributed by atoms with Gasteiger partial charge in [0.15, 0.2) is 0 Å². The lowest BCUT2D eigenvalue weighted by Gasteiger charge is -2.34. The molecule has 2 fully saturated rings. The number of rotatable bonds is 10. The summed E-state index contributed by atoms with van der Waals surface area (Å²) in [4.78, 5) is 31.2. The van der Waals surface area contributed by atoms with Crippen LogP contribution in [0.2, 0.25) is 0 Å². The van der Waals surface area contributed by atoms with Crippen LogP contribution >= 0.6 is 0 Å². The van der Waals surface area contributed by atoms with Gasteiger partial charge in [0, 0.05) is 30.3 Å². The molecule has 2 aliphatic rings. The van der Waals surface area contributed by atoms with Gasteiger partial charge < -0.3 is 10.2 Å². The number of aryl methyl sites for hydroxylation is 1. The van der Waals surface area contributed by atoms with Gasteiger partial charge in [-0.2, -0.15) is 5.10 Å². The molecule has 8 nitrogen and oxygen atoms in total. The van der Waals surface area contributed by atoms with Gasteiger partial charge >= 0.3 is 0 Å². The van der Waals surface area contributed by atoms with E-state index in [-0.39, 0.29) is 17.6 Å². The smallest absolute Gasteiger partial charge is 0.236 e. The molecular weight excluding hydrogens is 555 g/mol. The largest absolute Gasteiger partial charge is 0.316 e. The summed E-state index contributed by atoms with van der Waals surface area (Å²) in [6.45, 7) is 5.69. The third-order valence-electron chi connectivity index (χ3n) is 9.56. The number of piperidine rings is 2. The number of likely N-dealkylation sites (tertiary alicyclic amines) is 1. The number of hydrogen-bond acceptors (Lipinski definition) is 6. The summed E-state index contributed by atoms with van der Waals surface area (Å²) < 4.78 is 16.4. The zero-order valence-electron chi connectivity index (χ0n) is 25.6. The molecule has 2 aromatic heterocycles. The number of carbonyl (C=O) groups excluding carboxylic acids is 2. The van der Waals surface area contributed by atoms with Crippen LogP contribution in [0.25, 0.3) is 16.8 Å². The molecule has 2 aromatic carbocycles. The maximum absolute atomic E-state index is 14.6. The molecule has 6 rings (SSSR count). The quantitative estimate of drug-likeness (QED) is 0.194. The van der Waals surface area contributed by atoms with Crippen LogP contribution in [0.1, 0.15) is 73.6 Å². The summed E-state index contributed by atoms with van der Waals surface area (Å²) in [6, 6.07) is 15.9. The minimum Gasteiger partial charge on any atom is -0.316 e. The first-order valence-corrected chi connectivity index (χ1v) is 15.8. The molecule has 0 aliphatic carbocycles. The van der Waals surface area contributed by atoms with E-state index < -0.39 is 5.41 Å². The number of nitrogens with zero attached hydrogens (tertiary/aromatic N) is 4. The Hall–Kier alpha value is -3.95. The molecule has 9 heteroatoms. The first-order valence-electron chi connectivity index (χ1n) is 15.8. The molecule has 0 spiro atoms. The van der Waals surface area contributed by atoms with Gasteiger partial charge in [0.1, 0.15) is 12.1 Å². The summed E-state index contributed by atoms with van der Waals surface area (Å²) >= 11 is 0. The topological polar surface area (TPSA) is 91.6 Å². The van der Waals surface area contributed by atoms with E-state index in [1.54, 1.807) is 13.1 Å². The normalized spacial score (nSPS) is 19.9. The van der Waals surface area contributed by atoms with E-state index in [4.69, 9.17) is 0 Å². The fourth-order valence-corrected chi connectivity index (χ4v) is 6.73. The Kier molecular flexibility index (Phi) is 8.86. The summed E-state index contributed by atoms with van der Waals surface area (Å²) in [5.41, 5.74) is 5.91. The Balaban J connectivity index is 0.981. The van der Waals surface area contributed by atoms with Crippen molar-refractivity contribution in [2.45, 2.75) is 69.7 Å². The summed E-state index contributed by atoms with van der Waals surface area (Å²) in [5, 5.41) is 9.89. The maximum atomic E-state index is 14.6. The van der Waals surface area contributed by atoms with E-state index in [0.717, 1.165) is 74.1 Å². The highest BCUT2D eigenvalue weighted by Crippen LogP contribution is 2.35. The average Bonchev–Trinajstić information content (AvgIpc) is 3.46. The van der Waals surface area contributed by atoms with Crippen LogP contribution in [-0.2, 0) is 28.0 Å². The van der Waals surface area contributed by atoms with Crippen molar-refractivity contribution >= 4 is 17.3 Å². The van der Waals surface area contributed by atoms with Crippen molar-refractivity contribution in [1.82, 2.24) is 30.1 Å². The van der Waals surface area contributed by atoms with E-state index in [2.05, 4.69) is 62.1 Å². The van der Waals surface area contributed by atoms with E-state index in [1.807, 2.05) is 23.6 Å². The van der Waals surface area contributed by atoms with Gasteiger partial charge in [0.25, 0.3) is 0 Å². The van der Waals surface area contributed by atoms with Crippen LogP contribution in [0.5, 0.6) is 0 Å². The zero-order chi connectivity index (χ0) is 30.7. The molecule has 230 valence electrons. The molecule has 44 heavy (non-hydrogen) atoms. The van der Waals surface area contributed by atoms with Gasteiger partial charge in [-0.3, -0.25) is 14.9 Å². The highest BCUT2D eigenvalue weighted by Gasteiger charge is 2.40. The zero-order valence-corrected chi connectivity index (χ0v) is 25.6. The molecule has 2 aliphatic heterocycles. The summed E-state index contributed by atoms with van der Waals surface area (Å²) in [5.74, 6) is -0.0746. The van der Waals surface area contributed by atoms with Gasteiger partial charge in [0.2, 0.25) is 11.8 Å². The molecule has 1 unspecified atom stereocenters. The highest BCUT2D eigenvalue weighted by molar-refractivity contribution is 6.03. The molecule has 2 amide bonds. The molecular formula is C35H41FN6O2. The maximum Gasteiger partial charge on any atom is 0.236 e. The number of unbranched alkanes of at least 4 members (excludes halogenated alkanes) is 1. The van der Waals surface area contributed by atoms with Crippen molar-refractivity contribution in [3.8, 4) is 11.3 Å². The molecule has 2 saturated heterocycles. The fourth-order valence-electron chi connectivity index (χ4n) is 6.73. The van der Waals surface area contributed by atoms with Crippen molar-refractivity contribution in [1.29, 1.82) is 0 Å². The second-order valence-corrected chi connectivity index (χ2v) is 12.5. The summed E-state index contributed by atoms with van der Waals surface area (Å²) in [6.07, 6.45) is 9.98. The van der Waals surface area contributed by atoms with E-state index >= 15 is 0 Å². The summed E-state index contributed by atoms with van der Waals surface area (Å²) in [7, 11) is 1.81. The predicted molar refractivity (Wildman–Crippen MR) is 169 cm³/mol. The second-order valence-electron chi connectivity index (χ2n) is 12.5. The van der Waals surface area contributed by atoms with Crippen molar-refractivity contribution in [2.24, 2.45) is 0 Å². The Morgan fingerprint density at radius 2 is 1.86 bits per heavy atom. The molecule has 4 heterocycles.